The van der Waals surface area contributed by atoms with Gasteiger partial charge in [0.2, 0.25) is 0 Å². The topological polar surface area (TPSA) is 26.0 Å². The quantitative estimate of drug-likeness (QED) is 0.725. The van der Waals surface area contributed by atoms with Gasteiger partial charge >= 0.3 is 0 Å². The van der Waals surface area contributed by atoms with Gasteiger partial charge in [0.15, 0.2) is 0 Å². The second-order valence-corrected chi connectivity index (χ2v) is 5.57. The Morgan fingerprint density at radius 1 is 1.00 bits per heavy atom. The van der Waals surface area contributed by atoms with Gasteiger partial charge in [-0.3, -0.25) is 0 Å². The highest BCUT2D eigenvalue weighted by Gasteiger charge is 2.14. The molecule has 0 aliphatic rings. The molecule has 3 rings (SSSR count). The maximum absolute atomic E-state index is 6.28. The van der Waals surface area contributed by atoms with Crippen molar-refractivity contribution in [3.05, 3.63) is 69.4 Å². The van der Waals surface area contributed by atoms with Gasteiger partial charge in [-0.15, -0.1) is 11.3 Å². The average Bonchev–Trinajstić information content (AvgIpc) is 2.83. The predicted molar refractivity (Wildman–Crippen MR) is 79.3 cm³/mol. The monoisotopic (exact) mass is 273 g/mol. The minimum atomic E-state index is -0.151. The van der Waals surface area contributed by atoms with Crippen LogP contribution in [0.2, 0.25) is 5.02 Å². The number of halogens is 1. The van der Waals surface area contributed by atoms with Gasteiger partial charge in [0.05, 0.1) is 11.1 Å². The molecule has 18 heavy (non-hydrogen) atoms. The first-order valence-electron chi connectivity index (χ1n) is 5.73. The molecule has 1 nitrogen and oxygen atoms in total. The lowest BCUT2D eigenvalue weighted by Gasteiger charge is -2.12. The van der Waals surface area contributed by atoms with Crippen molar-refractivity contribution in [2.75, 3.05) is 0 Å². The average molecular weight is 274 g/mol. The minimum absolute atomic E-state index is 0.151. The van der Waals surface area contributed by atoms with Gasteiger partial charge in [-0.05, 0) is 33.8 Å². The van der Waals surface area contributed by atoms with Crippen molar-refractivity contribution >= 4 is 33.7 Å². The predicted octanol–water partition coefficient (Wildman–Crippen LogP) is 4.60. The van der Waals surface area contributed by atoms with Crippen molar-refractivity contribution in [1.82, 2.24) is 0 Å². The van der Waals surface area contributed by atoms with Gasteiger partial charge < -0.3 is 5.73 Å². The molecule has 0 aliphatic heterocycles. The van der Waals surface area contributed by atoms with Crippen LogP contribution >= 0.6 is 22.9 Å². The van der Waals surface area contributed by atoms with Gasteiger partial charge in [0.1, 0.15) is 0 Å². The van der Waals surface area contributed by atoms with Crippen LogP contribution in [0.1, 0.15) is 16.5 Å². The summed E-state index contributed by atoms with van der Waals surface area (Å²) in [6.07, 6.45) is 0. The molecule has 1 aromatic heterocycles. The molecule has 0 bridgehead atoms. The molecule has 2 N–H and O–H groups in total. The Hall–Kier alpha value is -1.35. The van der Waals surface area contributed by atoms with Crippen LogP contribution in [0.4, 0.5) is 0 Å². The van der Waals surface area contributed by atoms with E-state index in [1.54, 1.807) is 11.3 Å². The van der Waals surface area contributed by atoms with Gasteiger partial charge in [-0.25, -0.2) is 0 Å². The number of hydrogen-bond acceptors (Lipinski definition) is 2. The summed E-state index contributed by atoms with van der Waals surface area (Å²) in [6, 6.07) is 16.3. The first-order valence-corrected chi connectivity index (χ1v) is 6.98. The van der Waals surface area contributed by atoms with Crippen LogP contribution in [-0.4, -0.2) is 0 Å². The van der Waals surface area contributed by atoms with Crippen molar-refractivity contribution in [1.29, 1.82) is 0 Å². The van der Waals surface area contributed by atoms with Crippen LogP contribution in [0.5, 0.6) is 0 Å². The van der Waals surface area contributed by atoms with Crippen molar-refractivity contribution in [2.24, 2.45) is 5.73 Å². The lowest BCUT2D eigenvalue weighted by atomic mass is 10.0. The zero-order chi connectivity index (χ0) is 12.5. The Morgan fingerprint density at radius 3 is 2.50 bits per heavy atom. The molecule has 1 unspecified atom stereocenters. The number of rotatable bonds is 2. The molecule has 0 radical (unpaired) electrons. The van der Waals surface area contributed by atoms with Crippen LogP contribution in [0, 0.1) is 0 Å². The van der Waals surface area contributed by atoms with E-state index in [0.717, 1.165) is 15.5 Å². The van der Waals surface area contributed by atoms with E-state index in [4.69, 9.17) is 17.3 Å². The van der Waals surface area contributed by atoms with Gasteiger partial charge in [0, 0.05) is 4.88 Å². The van der Waals surface area contributed by atoms with E-state index >= 15 is 0 Å². The lowest BCUT2D eigenvalue weighted by Crippen LogP contribution is -2.10. The van der Waals surface area contributed by atoms with Crippen molar-refractivity contribution in [3.8, 4) is 0 Å². The van der Waals surface area contributed by atoms with E-state index in [9.17, 15) is 0 Å². The molecular weight excluding hydrogens is 262 g/mol. The van der Waals surface area contributed by atoms with E-state index in [-0.39, 0.29) is 6.04 Å². The molecule has 0 saturated carbocycles. The Bertz CT molecular complexity index is 690. The zero-order valence-corrected chi connectivity index (χ0v) is 11.2. The highest BCUT2D eigenvalue weighted by atomic mass is 35.5. The molecule has 0 amide bonds. The minimum Gasteiger partial charge on any atom is -0.320 e. The first kappa shape index (κ1) is 11.7. The summed E-state index contributed by atoms with van der Waals surface area (Å²) in [6.45, 7) is 0. The third-order valence-corrected chi connectivity index (χ3v) is 4.50. The van der Waals surface area contributed by atoms with Crippen LogP contribution in [0.3, 0.4) is 0 Å². The maximum atomic E-state index is 6.28. The van der Waals surface area contributed by atoms with E-state index in [2.05, 4.69) is 30.3 Å². The second kappa shape index (κ2) is 4.73. The number of hydrogen-bond donors (Lipinski definition) is 1. The number of nitrogens with two attached hydrogens (primary N) is 1. The Balaban J connectivity index is 2.07. The summed E-state index contributed by atoms with van der Waals surface area (Å²) in [4.78, 5) is 1.02. The molecule has 0 fully saturated rings. The molecular formula is C15H12ClNS. The number of fused-ring (bicyclic) bond motifs is 1. The van der Waals surface area contributed by atoms with Crippen molar-refractivity contribution in [2.45, 2.75) is 6.04 Å². The van der Waals surface area contributed by atoms with Gasteiger partial charge in [0.25, 0.3) is 0 Å². The standard InChI is InChI=1S/C15H12ClNS/c16-13-7-8-18-15(13)14(17)12-6-5-10-3-1-2-4-11(10)9-12/h1-9,14H,17H2. The molecule has 2 aromatic carbocycles. The summed E-state index contributed by atoms with van der Waals surface area (Å²) < 4.78 is 0. The molecule has 3 aromatic rings. The van der Waals surface area contributed by atoms with Gasteiger partial charge in [-0.2, -0.15) is 0 Å². The molecule has 0 aliphatic carbocycles. The summed E-state index contributed by atoms with van der Waals surface area (Å²) in [7, 11) is 0. The first-order chi connectivity index (χ1) is 8.75. The van der Waals surface area contributed by atoms with Gasteiger partial charge in [-0.1, -0.05) is 48.0 Å². The second-order valence-electron chi connectivity index (χ2n) is 4.22. The summed E-state index contributed by atoms with van der Waals surface area (Å²) in [5, 5.41) is 5.16. The largest absolute Gasteiger partial charge is 0.320 e. The fourth-order valence-electron chi connectivity index (χ4n) is 2.08. The van der Waals surface area contributed by atoms with Crippen LogP contribution in [0.15, 0.2) is 53.9 Å². The van der Waals surface area contributed by atoms with Crippen LogP contribution < -0.4 is 5.73 Å². The Kier molecular flexibility index (Phi) is 3.08. The molecule has 3 heteroatoms. The Labute approximate surface area is 115 Å². The van der Waals surface area contributed by atoms with E-state index < -0.39 is 0 Å². The maximum Gasteiger partial charge on any atom is 0.0661 e. The van der Waals surface area contributed by atoms with E-state index in [1.165, 1.54) is 10.8 Å². The molecule has 0 spiro atoms. The summed E-state index contributed by atoms with van der Waals surface area (Å²) >= 11 is 7.73. The fourth-order valence-corrected chi connectivity index (χ4v) is 3.28. The SMILES string of the molecule is NC(c1ccc2ccccc2c1)c1sccc1Cl. The number of thiophene rings is 1. The van der Waals surface area contributed by atoms with Crippen molar-refractivity contribution < 1.29 is 0 Å². The summed E-state index contributed by atoms with van der Waals surface area (Å²) in [5.74, 6) is 0. The molecule has 1 heterocycles. The van der Waals surface area contributed by atoms with Crippen LogP contribution in [-0.2, 0) is 0 Å². The number of benzene rings is 2. The fraction of sp³-hybridized carbons (Fsp3) is 0.0667. The van der Waals surface area contributed by atoms with Crippen LogP contribution in [0.25, 0.3) is 10.8 Å². The highest BCUT2D eigenvalue weighted by molar-refractivity contribution is 7.10. The normalized spacial score (nSPS) is 12.8. The van der Waals surface area contributed by atoms with E-state index in [1.807, 2.05) is 23.6 Å². The Morgan fingerprint density at radius 2 is 1.78 bits per heavy atom. The molecule has 1 atom stereocenters. The van der Waals surface area contributed by atoms with Crippen molar-refractivity contribution in [3.63, 3.8) is 0 Å². The third kappa shape index (κ3) is 2.03. The third-order valence-electron chi connectivity index (χ3n) is 3.06. The smallest absolute Gasteiger partial charge is 0.0661 e. The molecule has 0 saturated heterocycles. The summed E-state index contributed by atoms with van der Waals surface area (Å²) in [5.41, 5.74) is 7.37. The molecule has 90 valence electrons. The van der Waals surface area contributed by atoms with E-state index in [0.29, 0.717) is 0 Å². The highest BCUT2D eigenvalue weighted by Crippen LogP contribution is 2.32. The lowest BCUT2D eigenvalue weighted by molar-refractivity contribution is 0.896. The zero-order valence-electron chi connectivity index (χ0n) is 9.64.